The number of aryl methyl sites for hydroxylation is 1. The number of hydrogen-bond acceptors (Lipinski definition) is 3. The van der Waals surface area contributed by atoms with Crippen molar-refractivity contribution in [1.29, 1.82) is 0 Å². The number of aliphatic hydroxyl groups is 1. The number of amides is 1. The highest BCUT2D eigenvalue weighted by Gasteiger charge is 2.31. The number of carbonyl (C=O) groups is 1. The minimum Gasteiger partial charge on any atom is -0.389 e. The van der Waals surface area contributed by atoms with Gasteiger partial charge in [0.15, 0.2) is 0 Å². The fraction of sp³-hybridized carbons (Fsp3) is 0.474. The summed E-state index contributed by atoms with van der Waals surface area (Å²) in [6, 6.07) is 9.84. The van der Waals surface area contributed by atoms with Gasteiger partial charge in [-0.1, -0.05) is 37.5 Å². The van der Waals surface area contributed by atoms with E-state index in [0.717, 1.165) is 49.0 Å². The monoisotopic (exact) mass is 327 g/mol. The highest BCUT2D eigenvalue weighted by atomic mass is 16.3. The molecule has 2 N–H and O–H groups in total. The smallest absolute Gasteiger partial charge is 0.223 e. The minimum absolute atomic E-state index is 0.0918. The first-order valence-corrected chi connectivity index (χ1v) is 8.65. The molecule has 5 nitrogen and oxygen atoms in total. The van der Waals surface area contributed by atoms with Gasteiger partial charge in [-0.15, -0.1) is 0 Å². The van der Waals surface area contributed by atoms with Gasteiger partial charge in [0.25, 0.3) is 0 Å². The lowest BCUT2D eigenvalue weighted by Gasteiger charge is -2.31. The number of para-hydroxylation sites is 1. The highest BCUT2D eigenvalue weighted by Crippen LogP contribution is 2.30. The molecule has 0 radical (unpaired) electrons. The summed E-state index contributed by atoms with van der Waals surface area (Å²) >= 11 is 0. The molecule has 128 valence electrons. The lowest BCUT2D eigenvalue weighted by Crippen LogP contribution is -2.38. The second kappa shape index (κ2) is 7.18. The summed E-state index contributed by atoms with van der Waals surface area (Å²) in [6.45, 7) is 2.38. The Bertz CT molecular complexity index is 702. The summed E-state index contributed by atoms with van der Waals surface area (Å²) < 4.78 is 1.82. The predicted molar refractivity (Wildman–Crippen MR) is 92.8 cm³/mol. The fourth-order valence-electron chi connectivity index (χ4n) is 3.37. The lowest BCUT2D eigenvalue weighted by atomic mass is 9.82. The van der Waals surface area contributed by atoms with Crippen LogP contribution in [0.25, 0.3) is 5.69 Å². The second-order valence-electron chi connectivity index (χ2n) is 6.77. The molecule has 3 rings (SSSR count). The second-order valence-corrected chi connectivity index (χ2v) is 6.77. The third kappa shape index (κ3) is 4.03. The molecule has 1 aliphatic carbocycles. The standard InChI is InChI=1S/C19H25N3O2/c1-15-9-12-22(21-15)17-8-4-3-7-16(17)14-20-18(23)13-19(24)10-5-2-6-11-19/h3-4,7-9,12,24H,2,5-6,10-11,13-14H2,1H3,(H,20,23). The molecule has 2 aromatic rings. The van der Waals surface area contributed by atoms with Crippen LogP contribution in [0, 0.1) is 6.92 Å². The maximum absolute atomic E-state index is 12.2. The van der Waals surface area contributed by atoms with E-state index in [0.29, 0.717) is 6.54 Å². The fourth-order valence-corrected chi connectivity index (χ4v) is 3.37. The largest absolute Gasteiger partial charge is 0.389 e. The summed E-state index contributed by atoms with van der Waals surface area (Å²) in [7, 11) is 0. The van der Waals surface area contributed by atoms with E-state index >= 15 is 0 Å². The van der Waals surface area contributed by atoms with Crippen molar-refractivity contribution in [3.05, 3.63) is 47.8 Å². The Morgan fingerprint density at radius 2 is 2.00 bits per heavy atom. The Labute approximate surface area is 142 Å². The molecule has 0 atom stereocenters. The van der Waals surface area contributed by atoms with Crippen LogP contribution in [0.1, 0.15) is 49.8 Å². The Morgan fingerprint density at radius 1 is 1.25 bits per heavy atom. The van der Waals surface area contributed by atoms with Gasteiger partial charge >= 0.3 is 0 Å². The zero-order valence-corrected chi connectivity index (χ0v) is 14.2. The molecular formula is C19H25N3O2. The van der Waals surface area contributed by atoms with Crippen LogP contribution in [-0.4, -0.2) is 26.4 Å². The minimum atomic E-state index is -0.819. The molecule has 0 bridgehead atoms. The van der Waals surface area contributed by atoms with Gasteiger partial charge in [-0.3, -0.25) is 4.79 Å². The average molecular weight is 327 g/mol. The van der Waals surface area contributed by atoms with Crippen LogP contribution in [0.2, 0.25) is 0 Å². The first-order chi connectivity index (χ1) is 11.6. The van der Waals surface area contributed by atoms with E-state index in [1.807, 2.05) is 48.1 Å². The first-order valence-electron chi connectivity index (χ1n) is 8.65. The van der Waals surface area contributed by atoms with Crippen molar-refractivity contribution in [2.24, 2.45) is 0 Å². The molecule has 1 fully saturated rings. The molecule has 0 aliphatic heterocycles. The number of nitrogens with one attached hydrogen (secondary N) is 1. The maximum atomic E-state index is 12.2. The van der Waals surface area contributed by atoms with Crippen LogP contribution in [0.3, 0.4) is 0 Å². The zero-order valence-electron chi connectivity index (χ0n) is 14.2. The van der Waals surface area contributed by atoms with Crippen molar-refractivity contribution in [2.75, 3.05) is 0 Å². The van der Waals surface area contributed by atoms with Crippen molar-refractivity contribution < 1.29 is 9.90 Å². The summed E-state index contributed by atoms with van der Waals surface area (Å²) in [4.78, 5) is 12.2. The van der Waals surface area contributed by atoms with E-state index in [9.17, 15) is 9.90 Å². The van der Waals surface area contributed by atoms with E-state index < -0.39 is 5.60 Å². The Hall–Kier alpha value is -2.14. The lowest BCUT2D eigenvalue weighted by molar-refractivity contribution is -0.127. The third-order valence-electron chi connectivity index (χ3n) is 4.71. The van der Waals surface area contributed by atoms with Crippen molar-refractivity contribution >= 4 is 5.91 Å². The molecule has 1 aliphatic rings. The van der Waals surface area contributed by atoms with E-state index in [4.69, 9.17) is 0 Å². The number of rotatable bonds is 5. The van der Waals surface area contributed by atoms with Crippen LogP contribution < -0.4 is 5.32 Å². The number of hydrogen-bond donors (Lipinski definition) is 2. The van der Waals surface area contributed by atoms with Gasteiger partial charge in [0.2, 0.25) is 5.91 Å². The van der Waals surface area contributed by atoms with Crippen molar-refractivity contribution in [1.82, 2.24) is 15.1 Å². The molecule has 1 aromatic heterocycles. The van der Waals surface area contributed by atoms with Crippen molar-refractivity contribution in [2.45, 2.75) is 57.6 Å². The average Bonchev–Trinajstić information content (AvgIpc) is 3.00. The summed E-state index contributed by atoms with van der Waals surface area (Å²) in [5.74, 6) is -0.0918. The van der Waals surface area contributed by atoms with Gasteiger partial charge in [-0.05, 0) is 37.5 Å². The van der Waals surface area contributed by atoms with Crippen LogP contribution in [0.15, 0.2) is 36.5 Å². The van der Waals surface area contributed by atoms with Crippen LogP contribution in [0.4, 0.5) is 0 Å². The molecule has 0 spiro atoms. The molecule has 1 amide bonds. The molecule has 24 heavy (non-hydrogen) atoms. The normalized spacial score (nSPS) is 16.8. The first kappa shape index (κ1) is 16.7. The molecule has 0 unspecified atom stereocenters. The van der Waals surface area contributed by atoms with Crippen molar-refractivity contribution in [3.63, 3.8) is 0 Å². The number of aromatic nitrogens is 2. The SMILES string of the molecule is Cc1ccn(-c2ccccc2CNC(=O)CC2(O)CCCCC2)n1. The van der Waals surface area contributed by atoms with Gasteiger partial charge in [-0.25, -0.2) is 4.68 Å². The summed E-state index contributed by atoms with van der Waals surface area (Å²) in [5.41, 5.74) is 2.10. The molecular weight excluding hydrogens is 302 g/mol. The summed E-state index contributed by atoms with van der Waals surface area (Å²) in [6.07, 6.45) is 6.72. The highest BCUT2D eigenvalue weighted by molar-refractivity contribution is 5.77. The topological polar surface area (TPSA) is 67.2 Å². The van der Waals surface area contributed by atoms with E-state index in [-0.39, 0.29) is 12.3 Å². The number of benzene rings is 1. The number of nitrogens with zero attached hydrogens (tertiary/aromatic N) is 2. The molecule has 1 aromatic carbocycles. The molecule has 1 saturated carbocycles. The third-order valence-corrected chi connectivity index (χ3v) is 4.71. The van der Waals surface area contributed by atoms with Crippen LogP contribution >= 0.6 is 0 Å². The van der Waals surface area contributed by atoms with Gasteiger partial charge in [-0.2, -0.15) is 5.10 Å². The van der Waals surface area contributed by atoms with Gasteiger partial charge in [0.05, 0.1) is 23.4 Å². The van der Waals surface area contributed by atoms with E-state index in [2.05, 4.69) is 10.4 Å². The van der Waals surface area contributed by atoms with Crippen LogP contribution in [-0.2, 0) is 11.3 Å². The summed E-state index contributed by atoms with van der Waals surface area (Å²) in [5, 5.41) is 17.9. The Kier molecular flexibility index (Phi) is 5.00. The molecule has 5 heteroatoms. The Balaban J connectivity index is 1.63. The van der Waals surface area contributed by atoms with Gasteiger partial charge < -0.3 is 10.4 Å². The van der Waals surface area contributed by atoms with Crippen LogP contribution in [0.5, 0.6) is 0 Å². The molecule has 0 saturated heterocycles. The van der Waals surface area contributed by atoms with E-state index in [1.165, 1.54) is 0 Å². The number of carbonyl (C=O) groups excluding carboxylic acids is 1. The predicted octanol–water partition coefficient (Wildman–Crippen LogP) is 2.88. The van der Waals surface area contributed by atoms with Crippen molar-refractivity contribution in [3.8, 4) is 5.69 Å². The quantitative estimate of drug-likeness (QED) is 0.887. The Morgan fingerprint density at radius 3 is 2.71 bits per heavy atom. The maximum Gasteiger partial charge on any atom is 0.223 e. The zero-order chi connectivity index (χ0) is 17.0. The van der Waals surface area contributed by atoms with Gasteiger partial charge in [0, 0.05) is 12.7 Å². The van der Waals surface area contributed by atoms with E-state index in [1.54, 1.807) is 0 Å². The molecule has 1 heterocycles. The van der Waals surface area contributed by atoms with Gasteiger partial charge in [0.1, 0.15) is 0 Å².